The molecular formula is C22H22Cl2N2O2. The van der Waals surface area contributed by atoms with Crippen molar-refractivity contribution in [3.8, 4) is 0 Å². The lowest BCUT2D eigenvalue weighted by Gasteiger charge is -2.30. The lowest BCUT2D eigenvalue weighted by molar-refractivity contribution is -0.187. The molecule has 1 aliphatic heterocycles. The molecule has 0 bridgehead atoms. The van der Waals surface area contributed by atoms with Crippen molar-refractivity contribution in [3.63, 3.8) is 0 Å². The van der Waals surface area contributed by atoms with Crippen molar-refractivity contribution in [2.45, 2.75) is 38.2 Å². The average molecular weight is 417 g/mol. The molecule has 1 fully saturated rings. The van der Waals surface area contributed by atoms with Gasteiger partial charge in [-0.2, -0.15) is 0 Å². The van der Waals surface area contributed by atoms with E-state index in [1.165, 1.54) is 11.1 Å². The highest BCUT2D eigenvalue weighted by Crippen LogP contribution is 2.41. The first-order chi connectivity index (χ1) is 13.5. The van der Waals surface area contributed by atoms with Crippen molar-refractivity contribution in [1.29, 1.82) is 0 Å². The van der Waals surface area contributed by atoms with Gasteiger partial charge in [-0.3, -0.25) is 0 Å². The second-order valence-corrected chi connectivity index (χ2v) is 8.03. The van der Waals surface area contributed by atoms with Crippen molar-refractivity contribution in [2.75, 3.05) is 6.61 Å². The summed E-state index contributed by atoms with van der Waals surface area (Å²) in [4.78, 5) is 4.13. The lowest BCUT2D eigenvalue weighted by Crippen LogP contribution is -2.33. The Morgan fingerprint density at radius 1 is 1.18 bits per heavy atom. The standard InChI is InChI=1S/C22H22Cl2N2O2/c1-16-2-4-17(5-3-16)6-8-19-13-27-22(28-19,14-26-11-10-25-15-26)20-9-7-18(23)12-21(20)24/h2-5,7,9-12,15,19H,6,8,13-14H2,1H3. The SMILES string of the molecule is Cc1ccc(CCC2COC(Cn3ccnc3)(c3ccc(Cl)cc3Cl)O2)cc1. The molecule has 4 rings (SSSR count). The van der Waals surface area contributed by atoms with Gasteiger partial charge in [-0.05, 0) is 37.5 Å². The normalized spacial score (nSPS) is 21.9. The highest BCUT2D eigenvalue weighted by molar-refractivity contribution is 6.35. The van der Waals surface area contributed by atoms with Crippen LogP contribution in [0.2, 0.25) is 10.0 Å². The van der Waals surface area contributed by atoms with Crippen molar-refractivity contribution in [2.24, 2.45) is 0 Å². The van der Waals surface area contributed by atoms with Gasteiger partial charge in [0.2, 0.25) is 5.79 Å². The number of imidazole rings is 1. The fourth-order valence-corrected chi connectivity index (χ4v) is 4.07. The molecule has 2 aromatic carbocycles. The highest BCUT2D eigenvalue weighted by Gasteiger charge is 2.44. The highest BCUT2D eigenvalue weighted by atomic mass is 35.5. The van der Waals surface area contributed by atoms with Crippen LogP contribution in [0.15, 0.2) is 61.2 Å². The maximum atomic E-state index is 6.51. The number of nitrogens with zero attached hydrogens (tertiary/aromatic N) is 2. The molecule has 1 aliphatic rings. The summed E-state index contributed by atoms with van der Waals surface area (Å²) in [7, 11) is 0. The molecule has 4 nitrogen and oxygen atoms in total. The molecule has 0 N–H and O–H groups in total. The van der Waals surface area contributed by atoms with E-state index < -0.39 is 5.79 Å². The van der Waals surface area contributed by atoms with Crippen LogP contribution in [0.5, 0.6) is 0 Å². The van der Waals surface area contributed by atoms with Crippen LogP contribution >= 0.6 is 23.2 Å². The van der Waals surface area contributed by atoms with Crippen molar-refractivity contribution >= 4 is 23.2 Å². The van der Waals surface area contributed by atoms with E-state index in [9.17, 15) is 0 Å². The fraction of sp³-hybridized carbons (Fsp3) is 0.318. The van der Waals surface area contributed by atoms with Crippen LogP contribution in [0, 0.1) is 6.92 Å². The van der Waals surface area contributed by atoms with E-state index in [1.807, 2.05) is 22.9 Å². The van der Waals surface area contributed by atoms with E-state index in [0.29, 0.717) is 23.2 Å². The van der Waals surface area contributed by atoms with Gasteiger partial charge in [0.05, 0.1) is 30.6 Å². The predicted octanol–water partition coefficient (Wildman–Crippen LogP) is 5.40. The van der Waals surface area contributed by atoms with Gasteiger partial charge in [-0.25, -0.2) is 4.98 Å². The summed E-state index contributed by atoms with van der Waals surface area (Å²) in [6.45, 7) is 3.08. The maximum Gasteiger partial charge on any atom is 0.215 e. The van der Waals surface area contributed by atoms with E-state index in [1.54, 1.807) is 18.6 Å². The third-order valence-electron chi connectivity index (χ3n) is 5.03. The van der Waals surface area contributed by atoms with Crippen LogP contribution in [-0.4, -0.2) is 22.3 Å². The van der Waals surface area contributed by atoms with Gasteiger partial charge in [0.25, 0.3) is 0 Å². The Hall–Kier alpha value is -1.85. The molecule has 146 valence electrons. The Labute approximate surface area is 175 Å². The molecule has 2 unspecified atom stereocenters. The van der Waals surface area contributed by atoms with E-state index in [4.69, 9.17) is 32.7 Å². The Kier molecular flexibility index (Phi) is 5.74. The smallest absolute Gasteiger partial charge is 0.215 e. The van der Waals surface area contributed by atoms with Gasteiger partial charge in [0, 0.05) is 23.0 Å². The van der Waals surface area contributed by atoms with Gasteiger partial charge in [-0.15, -0.1) is 0 Å². The van der Waals surface area contributed by atoms with E-state index in [-0.39, 0.29) is 6.10 Å². The summed E-state index contributed by atoms with van der Waals surface area (Å²) in [5.41, 5.74) is 3.34. The molecule has 1 aromatic heterocycles. The summed E-state index contributed by atoms with van der Waals surface area (Å²) < 4.78 is 14.7. The zero-order valence-electron chi connectivity index (χ0n) is 15.6. The van der Waals surface area contributed by atoms with Crippen molar-refractivity contribution in [3.05, 3.63) is 87.9 Å². The van der Waals surface area contributed by atoms with E-state index in [0.717, 1.165) is 18.4 Å². The third kappa shape index (κ3) is 4.26. The molecular weight excluding hydrogens is 395 g/mol. The molecule has 0 amide bonds. The van der Waals surface area contributed by atoms with Crippen LogP contribution < -0.4 is 0 Å². The lowest BCUT2D eigenvalue weighted by atomic mass is 10.0. The molecule has 0 radical (unpaired) electrons. The molecule has 0 aliphatic carbocycles. The molecule has 6 heteroatoms. The number of benzene rings is 2. The van der Waals surface area contributed by atoms with E-state index >= 15 is 0 Å². The third-order valence-corrected chi connectivity index (χ3v) is 5.57. The zero-order chi connectivity index (χ0) is 19.6. The number of hydrogen-bond donors (Lipinski definition) is 0. The van der Waals surface area contributed by atoms with Crippen molar-refractivity contribution < 1.29 is 9.47 Å². The molecule has 2 heterocycles. The number of aromatic nitrogens is 2. The summed E-state index contributed by atoms with van der Waals surface area (Å²) in [6, 6.07) is 14.0. The van der Waals surface area contributed by atoms with Crippen LogP contribution in [0.1, 0.15) is 23.1 Å². The Morgan fingerprint density at radius 2 is 2.00 bits per heavy atom. The second kappa shape index (κ2) is 8.26. The average Bonchev–Trinajstić information content (AvgIpc) is 3.32. The minimum absolute atomic E-state index is 0.0171. The second-order valence-electron chi connectivity index (χ2n) is 7.19. The van der Waals surface area contributed by atoms with Crippen molar-refractivity contribution in [1.82, 2.24) is 9.55 Å². The minimum Gasteiger partial charge on any atom is -0.342 e. The predicted molar refractivity (Wildman–Crippen MR) is 111 cm³/mol. The quantitative estimate of drug-likeness (QED) is 0.539. The topological polar surface area (TPSA) is 36.3 Å². The first-order valence-electron chi connectivity index (χ1n) is 9.33. The summed E-state index contributed by atoms with van der Waals surface area (Å²) >= 11 is 12.6. The van der Waals surface area contributed by atoms with Crippen LogP contribution in [0.3, 0.4) is 0 Å². The zero-order valence-corrected chi connectivity index (χ0v) is 17.2. The Bertz CT molecular complexity index is 928. The summed E-state index contributed by atoms with van der Waals surface area (Å²) in [5, 5.41) is 1.12. The van der Waals surface area contributed by atoms with Crippen LogP contribution in [-0.2, 0) is 28.2 Å². The summed E-state index contributed by atoms with van der Waals surface area (Å²) in [5.74, 6) is -0.958. The first kappa shape index (κ1) is 19.5. The fourth-order valence-electron chi connectivity index (χ4n) is 3.52. The number of halogens is 2. The van der Waals surface area contributed by atoms with E-state index in [2.05, 4.69) is 36.2 Å². The van der Waals surface area contributed by atoms with Gasteiger partial charge in [-0.1, -0.05) is 59.1 Å². The van der Waals surface area contributed by atoms with Crippen LogP contribution in [0.4, 0.5) is 0 Å². The van der Waals surface area contributed by atoms with Gasteiger partial charge in [0.1, 0.15) is 0 Å². The molecule has 0 spiro atoms. The monoisotopic (exact) mass is 416 g/mol. The molecule has 28 heavy (non-hydrogen) atoms. The van der Waals surface area contributed by atoms with Gasteiger partial charge >= 0.3 is 0 Å². The largest absolute Gasteiger partial charge is 0.342 e. The van der Waals surface area contributed by atoms with Gasteiger partial charge < -0.3 is 14.0 Å². The Morgan fingerprint density at radius 3 is 2.71 bits per heavy atom. The number of rotatable bonds is 6. The number of aryl methyl sites for hydroxylation is 2. The molecule has 1 saturated heterocycles. The Balaban J connectivity index is 1.54. The molecule has 3 aromatic rings. The first-order valence-corrected chi connectivity index (χ1v) is 10.1. The maximum absolute atomic E-state index is 6.51. The van der Waals surface area contributed by atoms with Gasteiger partial charge in [0.15, 0.2) is 0 Å². The summed E-state index contributed by atoms with van der Waals surface area (Å²) in [6.07, 6.45) is 7.16. The molecule has 0 saturated carbocycles. The minimum atomic E-state index is -0.958. The molecule has 2 atom stereocenters. The van der Waals surface area contributed by atoms with Crippen LogP contribution in [0.25, 0.3) is 0 Å². The number of ether oxygens (including phenoxy) is 2. The number of hydrogen-bond acceptors (Lipinski definition) is 3.